The molecule has 1 aliphatic rings. The topological polar surface area (TPSA) is 12.4 Å². The largest absolute Gasteiger partial charge is 0.416 e. The van der Waals surface area contributed by atoms with E-state index in [2.05, 4.69) is 4.99 Å². The monoisotopic (exact) mass is 341 g/mol. The molecule has 0 aliphatic carbocycles. The van der Waals surface area contributed by atoms with E-state index >= 15 is 0 Å². The van der Waals surface area contributed by atoms with Crippen LogP contribution in [0.4, 0.5) is 13.2 Å². The Morgan fingerprint density at radius 1 is 0.955 bits per heavy atom. The molecule has 0 saturated heterocycles. The highest BCUT2D eigenvalue weighted by Crippen LogP contribution is 2.41. The van der Waals surface area contributed by atoms with Crippen LogP contribution in [0.15, 0.2) is 53.5 Å². The van der Waals surface area contributed by atoms with Crippen LogP contribution in [-0.4, -0.2) is 11.3 Å². The van der Waals surface area contributed by atoms with Gasteiger partial charge in [-0.2, -0.15) is 13.2 Å². The summed E-state index contributed by atoms with van der Waals surface area (Å²) < 4.78 is 38.1. The number of alkyl halides is 3. The highest BCUT2D eigenvalue weighted by molar-refractivity contribution is 8.12. The zero-order valence-corrected chi connectivity index (χ0v) is 12.8. The van der Waals surface area contributed by atoms with Gasteiger partial charge in [0.25, 0.3) is 0 Å². The fraction of sp³-hybridized carbons (Fsp3) is 0.188. The third kappa shape index (κ3) is 2.75. The Labute approximate surface area is 135 Å². The minimum Gasteiger partial charge on any atom is -0.269 e. The van der Waals surface area contributed by atoms with E-state index in [-0.39, 0.29) is 0 Å². The molecule has 0 fully saturated rings. The maximum Gasteiger partial charge on any atom is 0.416 e. The molecule has 0 N–H and O–H groups in total. The first-order valence-corrected chi connectivity index (χ1v) is 7.94. The van der Waals surface area contributed by atoms with Gasteiger partial charge in [0.2, 0.25) is 0 Å². The van der Waals surface area contributed by atoms with E-state index in [0.717, 1.165) is 23.3 Å². The van der Waals surface area contributed by atoms with E-state index in [1.165, 1.54) is 23.9 Å². The van der Waals surface area contributed by atoms with Gasteiger partial charge < -0.3 is 0 Å². The zero-order chi connectivity index (χ0) is 15.8. The first-order chi connectivity index (χ1) is 10.4. The van der Waals surface area contributed by atoms with Crippen molar-refractivity contribution in [3.05, 3.63) is 70.2 Å². The number of hydrogen-bond acceptors (Lipinski definition) is 2. The molecule has 114 valence electrons. The Bertz CT molecular complexity index is 695. The van der Waals surface area contributed by atoms with E-state index in [4.69, 9.17) is 11.6 Å². The number of halogens is 4. The summed E-state index contributed by atoms with van der Waals surface area (Å²) in [4.78, 5) is 4.54. The molecule has 0 aromatic heterocycles. The Morgan fingerprint density at radius 3 is 1.95 bits per heavy atom. The van der Waals surface area contributed by atoms with Crippen molar-refractivity contribution in [2.24, 2.45) is 4.99 Å². The van der Waals surface area contributed by atoms with Crippen molar-refractivity contribution in [1.29, 1.82) is 0 Å². The van der Waals surface area contributed by atoms with Crippen LogP contribution < -0.4 is 0 Å². The maximum atomic E-state index is 12.7. The Kier molecular flexibility index (Phi) is 3.95. The fourth-order valence-corrected chi connectivity index (χ4v) is 3.57. The van der Waals surface area contributed by atoms with Gasteiger partial charge in [-0.25, -0.2) is 0 Å². The van der Waals surface area contributed by atoms with Crippen LogP contribution in [0.3, 0.4) is 0 Å². The van der Waals surface area contributed by atoms with Crippen molar-refractivity contribution >= 4 is 28.9 Å². The van der Waals surface area contributed by atoms with Crippen LogP contribution in [0.25, 0.3) is 0 Å². The number of benzene rings is 2. The first-order valence-electron chi connectivity index (χ1n) is 6.51. The molecule has 1 unspecified atom stereocenters. The summed E-state index contributed by atoms with van der Waals surface area (Å²) in [6, 6.07) is 12.5. The molecule has 0 spiro atoms. The summed E-state index contributed by atoms with van der Waals surface area (Å²) in [5, 5.41) is 0.612. The summed E-state index contributed by atoms with van der Waals surface area (Å²) in [6.07, 6.45) is -4.33. The second-order valence-electron chi connectivity index (χ2n) is 4.99. The maximum absolute atomic E-state index is 12.7. The van der Waals surface area contributed by atoms with E-state index in [9.17, 15) is 13.2 Å². The van der Waals surface area contributed by atoms with Gasteiger partial charge in [0.1, 0.15) is 5.54 Å². The lowest BCUT2D eigenvalue weighted by Gasteiger charge is -2.27. The number of thioether (sulfide) groups is 1. The summed E-state index contributed by atoms with van der Waals surface area (Å²) in [6.45, 7) is 0. The normalized spacial score (nSPS) is 21.3. The van der Waals surface area contributed by atoms with Crippen molar-refractivity contribution in [3.63, 3.8) is 0 Å². The van der Waals surface area contributed by atoms with E-state index < -0.39 is 17.3 Å². The molecule has 0 saturated carbocycles. The average Bonchev–Trinajstić information content (AvgIpc) is 2.98. The van der Waals surface area contributed by atoms with Crippen molar-refractivity contribution in [2.45, 2.75) is 11.7 Å². The van der Waals surface area contributed by atoms with E-state index in [1.54, 1.807) is 17.7 Å². The number of nitrogens with zero attached hydrogens (tertiary/aromatic N) is 1. The molecule has 6 heteroatoms. The molecule has 1 atom stereocenters. The first kappa shape index (κ1) is 15.4. The highest BCUT2D eigenvalue weighted by atomic mass is 35.5. The van der Waals surface area contributed by atoms with E-state index in [1.807, 2.05) is 12.1 Å². The van der Waals surface area contributed by atoms with Crippen LogP contribution in [0.5, 0.6) is 0 Å². The third-order valence-corrected chi connectivity index (χ3v) is 4.74. The summed E-state index contributed by atoms with van der Waals surface area (Å²) in [5.41, 5.74) is 2.09. The SMILES string of the molecule is FC(F)(F)c1ccc(C2(c3ccc(Cl)cc3)CSC=N2)cc1. The molecule has 22 heavy (non-hydrogen) atoms. The van der Waals surface area contributed by atoms with Gasteiger partial charge >= 0.3 is 6.18 Å². The minimum atomic E-state index is -4.33. The molecule has 1 aliphatic heterocycles. The lowest BCUT2D eigenvalue weighted by Crippen LogP contribution is -2.25. The molecule has 1 heterocycles. The van der Waals surface area contributed by atoms with Crippen LogP contribution >= 0.6 is 23.4 Å². The Balaban J connectivity index is 2.05. The molecule has 2 aromatic rings. The van der Waals surface area contributed by atoms with Crippen molar-refractivity contribution in [3.8, 4) is 0 Å². The van der Waals surface area contributed by atoms with Crippen LogP contribution in [0.2, 0.25) is 5.02 Å². The molecule has 2 aromatic carbocycles. The number of rotatable bonds is 2. The summed E-state index contributed by atoms with van der Waals surface area (Å²) in [5.74, 6) is 0.653. The van der Waals surface area contributed by atoms with Crippen LogP contribution in [0, 0.1) is 0 Å². The summed E-state index contributed by atoms with van der Waals surface area (Å²) >= 11 is 7.45. The standard InChI is InChI=1S/C16H11ClF3NS/c17-14-7-5-12(6-8-14)15(9-22-10-21-15)11-1-3-13(4-2-11)16(18,19)20/h1-8,10H,9H2. The van der Waals surface area contributed by atoms with Crippen molar-refractivity contribution in [1.82, 2.24) is 0 Å². The van der Waals surface area contributed by atoms with Gasteiger partial charge in [0.15, 0.2) is 0 Å². The molecule has 0 bridgehead atoms. The van der Waals surface area contributed by atoms with Crippen LogP contribution in [-0.2, 0) is 11.7 Å². The second kappa shape index (κ2) is 5.63. The zero-order valence-electron chi connectivity index (χ0n) is 11.3. The molecule has 0 radical (unpaired) electrons. The van der Waals surface area contributed by atoms with Crippen LogP contribution in [0.1, 0.15) is 16.7 Å². The smallest absolute Gasteiger partial charge is 0.269 e. The quantitative estimate of drug-likeness (QED) is 0.714. The predicted octanol–water partition coefficient (Wildman–Crippen LogP) is 5.38. The Hall–Kier alpha value is -1.46. The predicted molar refractivity (Wildman–Crippen MR) is 84.6 cm³/mol. The lowest BCUT2D eigenvalue weighted by atomic mass is 9.85. The molecule has 1 nitrogen and oxygen atoms in total. The van der Waals surface area contributed by atoms with Gasteiger partial charge in [-0.05, 0) is 35.4 Å². The van der Waals surface area contributed by atoms with Gasteiger partial charge in [0.05, 0.1) is 11.1 Å². The minimum absolute atomic E-state index is 0.612. The Morgan fingerprint density at radius 2 is 1.50 bits per heavy atom. The lowest BCUT2D eigenvalue weighted by molar-refractivity contribution is -0.137. The summed E-state index contributed by atoms with van der Waals surface area (Å²) in [7, 11) is 0. The van der Waals surface area contributed by atoms with Crippen molar-refractivity contribution in [2.75, 3.05) is 5.75 Å². The van der Waals surface area contributed by atoms with Crippen molar-refractivity contribution < 1.29 is 13.2 Å². The number of aliphatic imine (C=N–C) groups is 1. The molecule has 0 amide bonds. The van der Waals surface area contributed by atoms with Gasteiger partial charge in [-0.3, -0.25) is 4.99 Å². The van der Waals surface area contributed by atoms with Gasteiger partial charge in [-0.1, -0.05) is 35.9 Å². The molecule has 3 rings (SSSR count). The molecular formula is C16H11ClF3NS. The third-order valence-electron chi connectivity index (χ3n) is 3.65. The van der Waals surface area contributed by atoms with Gasteiger partial charge in [0, 0.05) is 10.8 Å². The average molecular weight is 342 g/mol. The second-order valence-corrected chi connectivity index (χ2v) is 6.26. The van der Waals surface area contributed by atoms with Gasteiger partial charge in [-0.15, -0.1) is 11.8 Å². The van der Waals surface area contributed by atoms with E-state index in [0.29, 0.717) is 10.8 Å². The number of hydrogen-bond donors (Lipinski definition) is 0. The fourth-order valence-electron chi connectivity index (χ4n) is 2.47. The highest BCUT2D eigenvalue weighted by Gasteiger charge is 2.37. The molecular weight excluding hydrogens is 331 g/mol.